The normalized spacial score (nSPS) is 15.3. The second-order valence-electron chi connectivity index (χ2n) is 4.06. The number of anilines is 1. The molecule has 1 fully saturated rings. The second kappa shape index (κ2) is 5.45. The first-order chi connectivity index (χ1) is 8.76. The molecule has 0 atom stereocenters. The van der Waals surface area contributed by atoms with E-state index in [2.05, 4.69) is 9.97 Å². The monoisotopic (exact) mass is 245 g/mol. The maximum atomic E-state index is 11.6. The summed E-state index contributed by atoms with van der Waals surface area (Å²) in [6.07, 6.45) is 3.63. The summed E-state index contributed by atoms with van der Waals surface area (Å²) in [7, 11) is 0. The first-order valence-corrected chi connectivity index (χ1v) is 6.00. The Labute approximate surface area is 106 Å². The number of nitriles is 1. The number of aromatic nitrogens is 2. The molecule has 94 valence electrons. The van der Waals surface area contributed by atoms with Crippen molar-refractivity contribution in [2.45, 2.75) is 13.3 Å². The lowest BCUT2D eigenvalue weighted by Crippen LogP contribution is -2.49. The Balaban J connectivity index is 2.06. The van der Waals surface area contributed by atoms with Gasteiger partial charge in [-0.25, -0.2) is 9.97 Å². The van der Waals surface area contributed by atoms with Crippen LogP contribution in [0.2, 0.25) is 0 Å². The molecule has 1 saturated heterocycles. The Morgan fingerprint density at radius 2 is 2.00 bits per heavy atom. The summed E-state index contributed by atoms with van der Waals surface area (Å²) in [6, 6.07) is 2.04. The van der Waals surface area contributed by atoms with Crippen molar-refractivity contribution >= 4 is 11.7 Å². The molecule has 2 rings (SSSR count). The van der Waals surface area contributed by atoms with Crippen molar-refractivity contribution in [2.24, 2.45) is 0 Å². The molecule has 6 heteroatoms. The number of piperazine rings is 1. The minimum atomic E-state index is 0.175. The highest BCUT2D eigenvalue weighted by Crippen LogP contribution is 2.16. The van der Waals surface area contributed by atoms with Crippen molar-refractivity contribution in [3.8, 4) is 6.07 Å². The van der Waals surface area contributed by atoms with E-state index in [0.717, 1.165) is 0 Å². The SMILES string of the molecule is CCC(=O)N1CCN(c2nccnc2C#N)CC1. The van der Waals surface area contributed by atoms with Gasteiger partial charge < -0.3 is 9.80 Å². The van der Waals surface area contributed by atoms with Gasteiger partial charge in [0, 0.05) is 45.0 Å². The fourth-order valence-corrected chi connectivity index (χ4v) is 2.03. The van der Waals surface area contributed by atoms with Gasteiger partial charge in [0.2, 0.25) is 5.91 Å². The van der Waals surface area contributed by atoms with E-state index in [0.29, 0.717) is 44.1 Å². The zero-order chi connectivity index (χ0) is 13.0. The Hall–Kier alpha value is -2.16. The molecule has 1 aliphatic rings. The summed E-state index contributed by atoms with van der Waals surface area (Å²) in [5.74, 6) is 0.790. The lowest BCUT2D eigenvalue weighted by Gasteiger charge is -2.35. The van der Waals surface area contributed by atoms with E-state index in [4.69, 9.17) is 5.26 Å². The molecule has 0 aliphatic carbocycles. The van der Waals surface area contributed by atoms with Crippen LogP contribution in [0.15, 0.2) is 12.4 Å². The van der Waals surface area contributed by atoms with Crippen LogP contribution >= 0.6 is 0 Å². The fourth-order valence-electron chi connectivity index (χ4n) is 2.03. The largest absolute Gasteiger partial charge is 0.351 e. The molecule has 1 aromatic heterocycles. The van der Waals surface area contributed by atoms with Crippen molar-refractivity contribution in [1.29, 1.82) is 5.26 Å². The van der Waals surface area contributed by atoms with Crippen LogP contribution in [0.4, 0.5) is 5.82 Å². The molecule has 18 heavy (non-hydrogen) atoms. The highest BCUT2D eigenvalue weighted by Gasteiger charge is 2.22. The zero-order valence-electron chi connectivity index (χ0n) is 10.3. The van der Waals surface area contributed by atoms with Gasteiger partial charge in [0.25, 0.3) is 0 Å². The molecule has 0 saturated carbocycles. The Kier molecular flexibility index (Phi) is 3.72. The van der Waals surface area contributed by atoms with Crippen LogP contribution in [-0.2, 0) is 4.79 Å². The topological polar surface area (TPSA) is 73.1 Å². The van der Waals surface area contributed by atoms with Crippen molar-refractivity contribution in [3.05, 3.63) is 18.1 Å². The van der Waals surface area contributed by atoms with Gasteiger partial charge in [-0.1, -0.05) is 6.92 Å². The van der Waals surface area contributed by atoms with E-state index in [-0.39, 0.29) is 5.91 Å². The van der Waals surface area contributed by atoms with Gasteiger partial charge in [0.05, 0.1) is 0 Å². The molecule has 0 aromatic carbocycles. The minimum absolute atomic E-state index is 0.175. The summed E-state index contributed by atoms with van der Waals surface area (Å²) in [5, 5.41) is 8.98. The Morgan fingerprint density at radius 3 is 2.61 bits per heavy atom. The summed E-state index contributed by atoms with van der Waals surface area (Å²) >= 11 is 0. The molecule has 0 radical (unpaired) electrons. The standard InChI is InChI=1S/C12H15N5O/c1-2-11(18)16-5-7-17(8-6-16)12-10(9-13)14-3-4-15-12/h3-4H,2,5-8H2,1H3. The number of carbonyl (C=O) groups is 1. The molecule has 1 aromatic rings. The number of nitrogens with zero attached hydrogens (tertiary/aromatic N) is 5. The molecule has 0 N–H and O–H groups in total. The van der Waals surface area contributed by atoms with Gasteiger partial charge in [-0.3, -0.25) is 4.79 Å². The zero-order valence-corrected chi connectivity index (χ0v) is 10.3. The summed E-state index contributed by atoms with van der Waals surface area (Å²) in [4.78, 5) is 23.6. The van der Waals surface area contributed by atoms with Crippen molar-refractivity contribution in [1.82, 2.24) is 14.9 Å². The number of carbonyl (C=O) groups excluding carboxylic acids is 1. The molecule has 1 aliphatic heterocycles. The first kappa shape index (κ1) is 12.3. The lowest BCUT2D eigenvalue weighted by molar-refractivity contribution is -0.131. The van der Waals surface area contributed by atoms with Gasteiger partial charge in [-0.15, -0.1) is 0 Å². The van der Waals surface area contributed by atoms with E-state index in [1.54, 1.807) is 6.20 Å². The van der Waals surface area contributed by atoms with Crippen LogP contribution in [0.1, 0.15) is 19.0 Å². The highest BCUT2D eigenvalue weighted by molar-refractivity contribution is 5.76. The molecule has 2 heterocycles. The van der Waals surface area contributed by atoms with Crippen molar-refractivity contribution < 1.29 is 4.79 Å². The highest BCUT2D eigenvalue weighted by atomic mass is 16.2. The molecule has 1 amide bonds. The average molecular weight is 245 g/mol. The van der Waals surface area contributed by atoms with Gasteiger partial charge >= 0.3 is 0 Å². The third-order valence-corrected chi connectivity index (χ3v) is 3.02. The van der Waals surface area contributed by atoms with E-state index in [1.165, 1.54) is 6.20 Å². The molecule has 0 spiro atoms. The summed E-state index contributed by atoms with van der Waals surface area (Å²) < 4.78 is 0. The molecule has 0 bridgehead atoms. The van der Waals surface area contributed by atoms with E-state index in [9.17, 15) is 4.79 Å². The third-order valence-electron chi connectivity index (χ3n) is 3.02. The molecule has 6 nitrogen and oxygen atoms in total. The lowest BCUT2D eigenvalue weighted by atomic mass is 10.2. The number of hydrogen-bond donors (Lipinski definition) is 0. The minimum Gasteiger partial charge on any atom is -0.351 e. The van der Waals surface area contributed by atoms with Gasteiger partial charge in [0.15, 0.2) is 11.5 Å². The van der Waals surface area contributed by atoms with Crippen molar-refractivity contribution in [2.75, 3.05) is 31.1 Å². The van der Waals surface area contributed by atoms with Crippen LogP contribution in [-0.4, -0.2) is 47.0 Å². The molecular formula is C12H15N5O. The van der Waals surface area contributed by atoms with Gasteiger partial charge in [-0.2, -0.15) is 5.26 Å². The van der Waals surface area contributed by atoms with Crippen LogP contribution in [0.25, 0.3) is 0 Å². The summed E-state index contributed by atoms with van der Waals surface area (Å²) in [5.41, 5.74) is 0.341. The smallest absolute Gasteiger partial charge is 0.222 e. The maximum Gasteiger partial charge on any atom is 0.222 e. The predicted octanol–water partition coefficient (Wildman–Crippen LogP) is 0.407. The first-order valence-electron chi connectivity index (χ1n) is 6.00. The third kappa shape index (κ3) is 2.40. The Morgan fingerprint density at radius 1 is 1.33 bits per heavy atom. The number of amides is 1. The van der Waals surface area contributed by atoms with E-state index < -0.39 is 0 Å². The summed E-state index contributed by atoms with van der Waals surface area (Å²) in [6.45, 7) is 4.60. The van der Waals surface area contributed by atoms with Crippen LogP contribution in [0, 0.1) is 11.3 Å². The maximum absolute atomic E-state index is 11.6. The molecular weight excluding hydrogens is 230 g/mol. The average Bonchev–Trinajstić information content (AvgIpc) is 2.46. The van der Waals surface area contributed by atoms with Gasteiger partial charge in [0.1, 0.15) is 6.07 Å². The van der Waals surface area contributed by atoms with Gasteiger partial charge in [-0.05, 0) is 0 Å². The van der Waals surface area contributed by atoms with E-state index >= 15 is 0 Å². The predicted molar refractivity (Wildman–Crippen MR) is 65.8 cm³/mol. The second-order valence-corrected chi connectivity index (χ2v) is 4.06. The molecule has 0 unspecified atom stereocenters. The van der Waals surface area contributed by atoms with Crippen LogP contribution < -0.4 is 4.90 Å². The number of hydrogen-bond acceptors (Lipinski definition) is 5. The van der Waals surface area contributed by atoms with Crippen LogP contribution in [0.5, 0.6) is 0 Å². The van der Waals surface area contributed by atoms with Crippen molar-refractivity contribution in [3.63, 3.8) is 0 Å². The number of rotatable bonds is 2. The van der Waals surface area contributed by atoms with E-state index in [1.807, 2.05) is 22.8 Å². The van der Waals surface area contributed by atoms with Crippen LogP contribution in [0.3, 0.4) is 0 Å². The fraction of sp³-hybridized carbons (Fsp3) is 0.500. The Bertz CT molecular complexity index is 474. The quantitative estimate of drug-likeness (QED) is 0.754.